The van der Waals surface area contributed by atoms with Crippen LogP contribution in [0.1, 0.15) is 49.4 Å². The van der Waals surface area contributed by atoms with E-state index in [2.05, 4.69) is 22.2 Å². The number of nitrogens with zero attached hydrogens (tertiary/aromatic N) is 2. The zero-order valence-electron chi connectivity index (χ0n) is 10.6. The van der Waals surface area contributed by atoms with Gasteiger partial charge in [-0.15, -0.1) is 0 Å². The van der Waals surface area contributed by atoms with Gasteiger partial charge < -0.3 is 10.4 Å². The van der Waals surface area contributed by atoms with Crippen LogP contribution in [0.25, 0.3) is 0 Å². The third-order valence-corrected chi connectivity index (χ3v) is 3.63. The SMILES string of the molecule is CC1CCCCCC1Nc1ncncc1C(=O)O. The molecule has 1 fully saturated rings. The van der Waals surface area contributed by atoms with Crippen LogP contribution >= 0.6 is 0 Å². The van der Waals surface area contributed by atoms with E-state index < -0.39 is 5.97 Å². The second-order valence-electron chi connectivity index (χ2n) is 4.96. The van der Waals surface area contributed by atoms with Crippen molar-refractivity contribution in [3.63, 3.8) is 0 Å². The predicted molar refractivity (Wildman–Crippen MR) is 68.7 cm³/mol. The summed E-state index contributed by atoms with van der Waals surface area (Å²) in [4.78, 5) is 18.9. The van der Waals surface area contributed by atoms with Gasteiger partial charge in [-0.25, -0.2) is 14.8 Å². The van der Waals surface area contributed by atoms with Gasteiger partial charge in [0.05, 0.1) is 0 Å². The van der Waals surface area contributed by atoms with Gasteiger partial charge in [0, 0.05) is 12.2 Å². The van der Waals surface area contributed by atoms with Gasteiger partial charge in [-0.3, -0.25) is 0 Å². The number of hydrogen-bond donors (Lipinski definition) is 2. The Morgan fingerprint density at radius 2 is 2.17 bits per heavy atom. The van der Waals surface area contributed by atoms with Gasteiger partial charge in [-0.2, -0.15) is 0 Å². The van der Waals surface area contributed by atoms with E-state index >= 15 is 0 Å². The van der Waals surface area contributed by atoms with Gasteiger partial charge in [-0.05, 0) is 18.8 Å². The summed E-state index contributed by atoms with van der Waals surface area (Å²) in [5.74, 6) is -0.000245. The van der Waals surface area contributed by atoms with E-state index in [0.29, 0.717) is 17.8 Å². The van der Waals surface area contributed by atoms with Crippen molar-refractivity contribution < 1.29 is 9.90 Å². The molecule has 5 nitrogen and oxygen atoms in total. The molecule has 0 bridgehead atoms. The summed E-state index contributed by atoms with van der Waals surface area (Å²) in [5, 5.41) is 12.4. The lowest BCUT2D eigenvalue weighted by atomic mass is 9.97. The molecule has 1 aliphatic rings. The Kier molecular flexibility index (Phi) is 4.12. The maximum Gasteiger partial charge on any atom is 0.341 e. The van der Waals surface area contributed by atoms with E-state index in [9.17, 15) is 4.79 Å². The summed E-state index contributed by atoms with van der Waals surface area (Å²) in [6.07, 6.45) is 8.70. The van der Waals surface area contributed by atoms with Gasteiger partial charge in [-0.1, -0.05) is 26.2 Å². The average Bonchev–Trinajstić information content (AvgIpc) is 2.55. The molecule has 1 heterocycles. The number of anilines is 1. The van der Waals surface area contributed by atoms with Crippen molar-refractivity contribution in [1.29, 1.82) is 0 Å². The van der Waals surface area contributed by atoms with Crippen molar-refractivity contribution in [2.45, 2.75) is 45.1 Å². The zero-order chi connectivity index (χ0) is 13.0. The molecule has 1 aromatic rings. The van der Waals surface area contributed by atoms with Crippen LogP contribution in [0.2, 0.25) is 0 Å². The Morgan fingerprint density at radius 1 is 1.39 bits per heavy atom. The molecule has 2 N–H and O–H groups in total. The molecule has 2 rings (SSSR count). The van der Waals surface area contributed by atoms with E-state index in [1.54, 1.807) is 0 Å². The number of aromatic carboxylic acids is 1. The highest BCUT2D eigenvalue weighted by Crippen LogP contribution is 2.26. The number of rotatable bonds is 3. The Labute approximate surface area is 107 Å². The Bertz CT molecular complexity index is 422. The van der Waals surface area contributed by atoms with E-state index in [1.807, 2.05) is 0 Å². The minimum Gasteiger partial charge on any atom is -0.477 e. The summed E-state index contributed by atoms with van der Waals surface area (Å²) in [6, 6.07) is 0.306. The number of carbonyl (C=O) groups is 1. The van der Waals surface area contributed by atoms with Gasteiger partial charge in [0.25, 0.3) is 0 Å². The van der Waals surface area contributed by atoms with Crippen molar-refractivity contribution in [1.82, 2.24) is 9.97 Å². The van der Waals surface area contributed by atoms with Crippen LogP contribution in [0.4, 0.5) is 5.82 Å². The van der Waals surface area contributed by atoms with Crippen molar-refractivity contribution in [3.8, 4) is 0 Å². The molecule has 0 radical (unpaired) electrons. The largest absolute Gasteiger partial charge is 0.477 e. The van der Waals surface area contributed by atoms with Crippen LogP contribution in [0.3, 0.4) is 0 Å². The fourth-order valence-electron chi connectivity index (χ4n) is 2.48. The second kappa shape index (κ2) is 5.80. The van der Waals surface area contributed by atoms with Crippen LogP contribution in [0, 0.1) is 5.92 Å². The first-order valence-electron chi connectivity index (χ1n) is 6.48. The minimum absolute atomic E-state index is 0.147. The lowest BCUT2D eigenvalue weighted by Gasteiger charge is -2.23. The number of carboxylic acid groups (broad SMARTS) is 1. The van der Waals surface area contributed by atoms with Crippen LogP contribution in [-0.2, 0) is 0 Å². The highest BCUT2D eigenvalue weighted by molar-refractivity contribution is 5.92. The van der Waals surface area contributed by atoms with E-state index in [-0.39, 0.29) is 5.56 Å². The molecule has 18 heavy (non-hydrogen) atoms. The zero-order valence-corrected chi connectivity index (χ0v) is 10.6. The number of carboxylic acids is 1. The quantitative estimate of drug-likeness (QED) is 0.805. The van der Waals surface area contributed by atoms with Crippen molar-refractivity contribution >= 4 is 11.8 Å². The molecule has 0 aliphatic heterocycles. The van der Waals surface area contributed by atoms with Gasteiger partial charge in [0.15, 0.2) is 0 Å². The summed E-state index contributed by atoms with van der Waals surface area (Å²) in [6.45, 7) is 2.21. The lowest BCUT2D eigenvalue weighted by molar-refractivity contribution is 0.0697. The topological polar surface area (TPSA) is 75.1 Å². The number of aromatic nitrogens is 2. The molecule has 5 heteroatoms. The molecular formula is C13H19N3O2. The second-order valence-corrected chi connectivity index (χ2v) is 4.96. The monoisotopic (exact) mass is 249 g/mol. The third-order valence-electron chi connectivity index (χ3n) is 3.63. The van der Waals surface area contributed by atoms with E-state index in [1.165, 1.54) is 38.2 Å². The fraction of sp³-hybridized carbons (Fsp3) is 0.615. The van der Waals surface area contributed by atoms with Crippen molar-refractivity contribution in [2.24, 2.45) is 5.92 Å². The smallest absolute Gasteiger partial charge is 0.341 e. The molecule has 1 aromatic heterocycles. The maximum absolute atomic E-state index is 11.1. The van der Waals surface area contributed by atoms with Crippen molar-refractivity contribution in [3.05, 3.63) is 18.1 Å². The van der Waals surface area contributed by atoms with Crippen LogP contribution in [-0.4, -0.2) is 27.1 Å². The van der Waals surface area contributed by atoms with Crippen LogP contribution in [0.5, 0.6) is 0 Å². The standard InChI is InChI=1S/C13H19N3O2/c1-9-5-3-2-4-6-11(9)16-12-10(13(17)18)7-14-8-15-12/h7-9,11H,2-6H2,1H3,(H,17,18)(H,14,15,16). The highest BCUT2D eigenvalue weighted by Gasteiger charge is 2.22. The third kappa shape index (κ3) is 2.97. The summed E-state index contributed by atoms with van der Waals surface area (Å²) in [5.41, 5.74) is 0.147. The minimum atomic E-state index is -0.987. The van der Waals surface area contributed by atoms with Gasteiger partial charge in [0.2, 0.25) is 0 Å². The summed E-state index contributed by atoms with van der Waals surface area (Å²) >= 11 is 0. The lowest BCUT2D eigenvalue weighted by Crippen LogP contribution is -2.27. The molecule has 1 aliphatic carbocycles. The predicted octanol–water partition coefficient (Wildman–Crippen LogP) is 2.56. The molecule has 0 saturated heterocycles. The first-order chi connectivity index (χ1) is 8.68. The van der Waals surface area contributed by atoms with Gasteiger partial charge in [0.1, 0.15) is 17.7 Å². The molecule has 0 aromatic carbocycles. The van der Waals surface area contributed by atoms with Crippen LogP contribution in [0.15, 0.2) is 12.5 Å². The molecule has 0 amide bonds. The number of hydrogen-bond acceptors (Lipinski definition) is 4. The van der Waals surface area contributed by atoms with Crippen LogP contribution < -0.4 is 5.32 Å². The molecule has 2 unspecified atom stereocenters. The highest BCUT2D eigenvalue weighted by atomic mass is 16.4. The first-order valence-corrected chi connectivity index (χ1v) is 6.48. The molecule has 0 spiro atoms. The first kappa shape index (κ1) is 12.8. The Hall–Kier alpha value is -1.65. The Balaban J connectivity index is 2.14. The van der Waals surface area contributed by atoms with E-state index in [4.69, 9.17) is 5.11 Å². The summed E-state index contributed by atoms with van der Waals surface area (Å²) < 4.78 is 0. The molecule has 98 valence electrons. The Morgan fingerprint density at radius 3 is 2.94 bits per heavy atom. The average molecular weight is 249 g/mol. The fourth-order valence-corrected chi connectivity index (χ4v) is 2.48. The van der Waals surface area contributed by atoms with E-state index in [0.717, 1.165) is 6.42 Å². The molecule has 2 atom stereocenters. The van der Waals surface area contributed by atoms with Crippen molar-refractivity contribution in [2.75, 3.05) is 5.32 Å². The molecule has 1 saturated carbocycles. The maximum atomic E-state index is 11.1. The summed E-state index contributed by atoms with van der Waals surface area (Å²) in [7, 11) is 0. The van der Waals surface area contributed by atoms with Gasteiger partial charge >= 0.3 is 5.97 Å². The molecular weight excluding hydrogens is 230 g/mol. The number of nitrogens with one attached hydrogen (secondary N) is 1. The normalized spacial score (nSPS) is 24.3.